The van der Waals surface area contributed by atoms with E-state index in [-0.39, 0.29) is 5.92 Å². The molecule has 1 heterocycles. The number of anilines is 2. The molecular formula is C18H27N5O2. The van der Waals surface area contributed by atoms with Crippen molar-refractivity contribution in [3.8, 4) is 17.2 Å². The van der Waals surface area contributed by atoms with E-state index in [0.29, 0.717) is 17.5 Å². The van der Waals surface area contributed by atoms with Crippen molar-refractivity contribution < 1.29 is 9.47 Å². The molecule has 0 bridgehead atoms. The topological polar surface area (TPSA) is 85.5 Å². The van der Waals surface area contributed by atoms with E-state index in [9.17, 15) is 0 Å². The Morgan fingerprint density at radius 3 is 2.60 bits per heavy atom. The van der Waals surface area contributed by atoms with Crippen molar-refractivity contribution >= 4 is 11.8 Å². The van der Waals surface area contributed by atoms with E-state index in [0.717, 1.165) is 30.2 Å². The highest BCUT2D eigenvalue weighted by atomic mass is 16.5. The zero-order valence-electron chi connectivity index (χ0n) is 15.5. The average Bonchev–Trinajstić information content (AvgIpc) is 2.57. The number of methoxy groups -OCH3 is 1. The number of nitrogen functional groups attached to an aromatic ring is 1. The van der Waals surface area contributed by atoms with E-state index in [1.807, 2.05) is 32.3 Å². The SMILES string of the molecule is COc1ccc(Oc2cnc(NCCN(C)C)nc2N)c(C(C)C)c1. The normalized spacial score (nSPS) is 11.0. The van der Waals surface area contributed by atoms with E-state index in [1.54, 1.807) is 13.3 Å². The summed E-state index contributed by atoms with van der Waals surface area (Å²) >= 11 is 0. The van der Waals surface area contributed by atoms with Crippen LogP contribution in [-0.4, -0.2) is 49.2 Å². The Hall–Kier alpha value is -2.54. The number of nitrogens with two attached hydrogens (primary N) is 1. The van der Waals surface area contributed by atoms with Gasteiger partial charge < -0.3 is 25.4 Å². The number of likely N-dealkylation sites (N-methyl/N-ethyl adjacent to an activating group) is 1. The van der Waals surface area contributed by atoms with Gasteiger partial charge in [0.1, 0.15) is 11.5 Å². The zero-order valence-corrected chi connectivity index (χ0v) is 15.5. The van der Waals surface area contributed by atoms with Gasteiger partial charge in [-0.2, -0.15) is 4.98 Å². The van der Waals surface area contributed by atoms with Crippen molar-refractivity contribution in [3.63, 3.8) is 0 Å². The van der Waals surface area contributed by atoms with Gasteiger partial charge in [0.15, 0.2) is 11.6 Å². The molecule has 0 aliphatic rings. The lowest BCUT2D eigenvalue weighted by Gasteiger charge is -2.16. The Kier molecular flexibility index (Phi) is 6.41. The van der Waals surface area contributed by atoms with Gasteiger partial charge in [0, 0.05) is 18.7 Å². The lowest BCUT2D eigenvalue weighted by Crippen LogP contribution is -2.21. The van der Waals surface area contributed by atoms with E-state index in [4.69, 9.17) is 15.2 Å². The van der Waals surface area contributed by atoms with Crippen LogP contribution in [0.3, 0.4) is 0 Å². The van der Waals surface area contributed by atoms with Crippen LogP contribution in [0, 0.1) is 0 Å². The first-order valence-corrected chi connectivity index (χ1v) is 8.27. The van der Waals surface area contributed by atoms with Crippen LogP contribution in [0.5, 0.6) is 17.2 Å². The Labute approximate surface area is 149 Å². The van der Waals surface area contributed by atoms with Crippen LogP contribution in [0.4, 0.5) is 11.8 Å². The van der Waals surface area contributed by atoms with Gasteiger partial charge in [-0.25, -0.2) is 4.98 Å². The zero-order chi connectivity index (χ0) is 18.4. The van der Waals surface area contributed by atoms with Gasteiger partial charge in [-0.15, -0.1) is 0 Å². The van der Waals surface area contributed by atoms with Crippen molar-refractivity contribution in [1.82, 2.24) is 14.9 Å². The van der Waals surface area contributed by atoms with Crippen molar-refractivity contribution in [1.29, 1.82) is 0 Å². The maximum absolute atomic E-state index is 6.03. The third-order valence-electron chi connectivity index (χ3n) is 3.68. The summed E-state index contributed by atoms with van der Waals surface area (Å²) in [6, 6.07) is 5.69. The van der Waals surface area contributed by atoms with Gasteiger partial charge in [-0.3, -0.25) is 0 Å². The number of ether oxygens (including phenoxy) is 2. The van der Waals surface area contributed by atoms with Crippen LogP contribution in [0.2, 0.25) is 0 Å². The first-order chi connectivity index (χ1) is 11.9. The molecule has 25 heavy (non-hydrogen) atoms. The molecule has 0 fully saturated rings. The highest BCUT2D eigenvalue weighted by Gasteiger charge is 2.13. The minimum absolute atomic E-state index is 0.277. The van der Waals surface area contributed by atoms with Gasteiger partial charge in [0.25, 0.3) is 0 Å². The first kappa shape index (κ1) is 18.8. The second kappa shape index (κ2) is 8.53. The molecule has 1 aromatic heterocycles. The highest BCUT2D eigenvalue weighted by Crippen LogP contribution is 2.34. The molecule has 0 amide bonds. The molecule has 2 rings (SSSR count). The van der Waals surface area contributed by atoms with E-state index >= 15 is 0 Å². The molecule has 1 aromatic carbocycles. The standard InChI is InChI=1S/C18H27N5O2/c1-12(2)14-10-13(24-5)6-7-15(14)25-16-11-21-18(22-17(16)19)20-8-9-23(3)4/h6-7,10-12H,8-9H2,1-5H3,(H3,19,20,21,22). The largest absolute Gasteiger partial charge is 0.497 e. The van der Waals surface area contributed by atoms with E-state index < -0.39 is 0 Å². The molecule has 0 radical (unpaired) electrons. The summed E-state index contributed by atoms with van der Waals surface area (Å²) in [5, 5.41) is 3.14. The number of aromatic nitrogens is 2. The smallest absolute Gasteiger partial charge is 0.224 e. The van der Waals surface area contributed by atoms with E-state index in [1.165, 1.54) is 0 Å². The van der Waals surface area contributed by atoms with Crippen molar-refractivity contribution in [2.75, 3.05) is 45.3 Å². The van der Waals surface area contributed by atoms with Crippen molar-refractivity contribution in [2.45, 2.75) is 19.8 Å². The maximum Gasteiger partial charge on any atom is 0.224 e. The monoisotopic (exact) mass is 345 g/mol. The summed E-state index contributed by atoms with van der Waals surface area (Å²) in [4.78, 5) is 10.6. The molecule has 0 aliphatic heterocycles. The predicted molar refractivity (Wildman–Crippen MR) is 101 cm³/mol. The van der Waals surface area contributed by atoms with Gasteiger partial charge >= 0.3 is 0 Å². The van der Waals surface area contributed by atoms with Crippen molar-refractivity contribution in [3.05, 3.63) is 30.0 Å². The molecule has 0 saturated carbocycles. The molecule has 136 valence electrons. The average molecular weight is 345 g/mol. The fourth-order valence-corrected chi connectivity index (χ4v) is 2.26. The maximum atomic E-state index is 6.03. The number of hydrogen-bond acceptors (Lipinski definition) is 7. The molecular weight excluding hydrogens is 318 g/mol. The van der Waals surface area contributed by atoms with Gasteiger partial charge in [-0.1, -0.05) is 13.8 Å². The molecule has 7 heteroatoms. The molecule has 2 aromatic rings. The van der Waals surface area contributed by atoms with Gasteiger partial charge in [0.2, 0.25) is 5.95 Å². The molecule has 3 N–H and O–H groups in total. The lowest BCUT2D eigenvalue weighted by molar-refractivity contribution is 0.411. The second-order valence-electron chi connectivity index (χ2n) is 6.33. The van der Waals surface area contributed by atoms with Crippen LogP contribution in [0.15, 0.2) is 24.4 Å². The van der Waals surface area contributed by atoms with Crippen LogP contribution >= 0.6 is 0 Å². The van der Waals surface area contributed by atoms with Crippen molar-refractivity contribution in [2.24, 2.45) is 0 Å². The lowest BCUT2D eigenvalue weighted by atomic mass is 10.0. The molecule has 0 unspecified atom stereocenters. The number of hydrogen-bond donors (Lipinski definition) is 2. The summed E-state index contributed by atoms with van der Waals surface area (Å²) < 4.78 is 11.2. The molecule has 0 aliphatic carbocycles. The third kappa shape index (κ3) is 5.22. The molecule has 7 nitrogen and oxygen atoms in total. The van der Waals surface area contributed by atoms with Crippen LogP contribution < -0.4 is 20.5 Å². The second-order valence-corrected chi connectivity index (χ2v) is 6.33. The van der Waals surface area contributed by atoms with E-state index in [2.05, 4.69) is 34.0 Å². The number of benzene rings is 1. The summed E-state index contributed by atoms with van der Waals surface area (Å²) in [7, 11) is 5.66. The Morgan fingerprint density at radius 1 is 1.24 bits per heavy atom. The Balaban J connectivity index is 2.15. The third-order valence-corrected chi connectivity index (χ3v) is 3.68. The number of rotatable bonds is 8. The Bertz CT molecular complexity index is 704. The fourth-order valence-electron chi connectivity index (χ4n) is 2.26. The minimum Gasteiger partial charge on any atom is -0.497 e. The summed E-state index contributed by atoms with van der Waals surface area (Å²) in [5.74, 6) is 3.02. The van der Waals surface area contributed by atoms with Crippen LogP contribution in [0.1, 0.15) is 25.3 Å². The summed E-state index contributed by atoms with van der Waals surface area (Å²) in [5.41, 5.74) is 7.07. The predicted octanol–water partition coefficient (Wildman–Crippen LogP) is 2.96. The molecule has 0 spiro atoms. The summed E-state index contributed by atoms with van der Waals surface area (Å²) in [6.45, 7) is 5.81. The Morgan fingerprint density at radius 2 is 2.00 bits per heavy atom. The highest BCUT2D eigenvalue weighted by molar-refractivity contribution is 5.52. The van der Waals surface area contributed by atoms with Gasteiger partial charge in [-0.05, 0) is 38.2 Å². The van der Waals surface area contributed by atoms with Gasteiger partial charge in [0.05, 0.1) is 13.3 Å². The van der Waals surface area contributed by atoms with Crippen LogP contribution in [-0.2, 0) is 0 Å². The fraction of sp³-hybridized carbons (Fsp3) is 0.444. The summed E-state index contributed by atoms with van der Waals surface area (Å²) in [6.07, 6.45) is 1.59. The first-order valence-electron chi connectivity index (χ1n) is 8.27. The minimum atomic E-state index is 0.277. The van der Waals surface area contributed by atoms with Crippen LogP contribution in [0.25, 0.3) is 0 Å². The molecule has 0 atom stereocenters. The number of nitrogens with one attached hydrogen (secondary N) is 1. The number of nitrogens with zero attached hydrogens (tertiary/aromatic N) is 3. The molecule has 0 saturated heterocycles. The quantitative estimate of drug-likeness (QED) is 0.760.